The van der Waals surface area contributed by atoms with Gasteiger partial charge in [-0.1, -0.05) is 48.0 Å². The van der Waals surface area contributed by atoms with Crippen molar-refractivity contribution in [2.75, 3.05) is 0 Å². The lowest BCUT2D eigenvalue weighted by Gasteiger charge is -2.33. The third-order valence-corrected chi connectivity index (χ3v) is 6.39. The molecule has 4 rings (SSSR count). The zero-order valence-electron chi connectivity index (χ0n) is 21.3. The van der Waals surface area contributed by atoms with E-state index in [0.717, 1.165) is 16.0 Å². The molecule has 37 heavy (non-hydrogen) atoms. The molecule has 2 aromatic carbocycles. The van der Waals surface area contributed by atoms with Crippen LogP contribution in [-0.2, 0) is 22.7 Å². The number of nitrogens with zero attached hydrogens (tertiary/aromatic N) is 5. The maximum atomic E-state index is 13.8. The van der Waals surface area contributed by atoms with Gasteiger partial charge in [-0.15, -0.1) is 21.5 Å². The molecule has 0 bridgehead atoms. The van der Waals surface area contributed by atoms with Gasteiger partial charge in [0.25, 0.3) is 0 Å². The molecular formula is C27H30N6O3S. The Hall–Kier alpha value is -4.05. The number of nitrogens with one attached hydrogen (secondary N) is 1. The second-order valence-electron chi connectivity index (χ2n) is 9.84. The molecule has 4 aromatic rings. The minimum atomic E-state index is -0.936. The zero-order valence-corrected chi connectivity index (χ0v) is 22.1. The highest BCUT2D eigenvalue weighted by Gasteiger charge is 2.34. The summed E-state index contributed by atoms with van der Waals surface area (Å²) in [4.78, 5) is 31.0. The molecule has 2 amide bonds. The largest absolute Gasteiger partial charge is 0.508 e. The molecule has 0 aliphatic rings. The van der Waals surface area contributed by atoms with Gasteiger partial charge in [0.1, 0.15) is 18.3 Å². The molecule has 10 heteroatoms. The number of aromatic hydroxyl groups is 1. The molecule has 0 aliphatic heterocycles. The number of carbonyl (C=O) groups excluding carboxylic acids is 2. The van der Waals surface area contributed by atoms with Crippen molar-refractivity contribution in [3.63, 3.8) is 0 Å². The van der Waals surface area contributed by atoms with E-state index in [1.165, 1.54) is 33.2 Å². The van der Waals surface area contributed by atoms with Crippen LogP contribution in [-0.4, -0.2) is 47.6 Å². The number of phenolic OH excluding ortho intramolecular Hbond substituents is 1. The zero-order chi connectivity index (χ0) is 26.6. The highest BCUT2D eigenvalue weighted by molar-refractivity contribution is 7.09. The minimum Gasteiger partial charge on any atom is -0.508 e. The summed E-state index contributed by atoms with van der Waals surface area (Å²) in [5.74, 6) is -0.179. The van der Waals surface area contributed by atoms with E-state index < -0.39 is 11.6 Å². The Morgan fingerprint density at radius 2 is 1.78 bits per heavy atom. The Labute approximate surface area is 219 Å². The summed E-state index contributed by atoms with van der Waals surface area (Å²) in [6.07, 6.45) is 0. The van der Waals surface area contributed by atoms with Crippen LogP contribution in [0.15, 0.2) is 66.0 Å². The highest BCUT2D eigenvalue weighted by atomic mass is 32.1. The van der Waals surface area contributed by atoms with Crippen molar-refractivity contribution in [1.29, 1.82) is 0 Å². The third kappa shape index (κ3) is 6.79. The summed E-state index contributed by atoms with van der Waals surface area (Å²) in [6, 6.07) is 16.9. The first-order valence-corrected chi connectivity index (χ1v) is 12.7. The van der Waals surface area contributed by atoms with Gasteiger partial charge < -0.3 is 15.3 Å². The van der Waals surface area contributed by atoms with Crippen molar-refractivity contribution in [3.05, 3.63) is 82.0 Å². The lowest BCUT2D eigenvalue weighted by molar-refractivity contribution is -0.143. The molecule has 2 heterocycles. The van der Waals surface area contributed by atoms with Crippen LogP contribution in [0, 0.1) is 6.92 Å². The fourth-order valence-electron chi connectivity index (χ4n) is 3.80. The molecule has 0 saturated heterocycles. The number of thiophene rings is 1. The normalized spacial score (nSPS) is 12.2. The summed E-state index contributed by atoms with van der Waals surface area (Å²) in [5, 5.41) is 27.3. The highest BCUT2D eigenvalue weighted by Crippen LogP contribution is 2.27. The number of aromatic nitrogens is 4. The number of benzene rings is 2. The second kappa shape index (κ2) is 10.9. The van der Waals surface area contributed by atoms with Crippen molar-refractivity contribution >= 4 is 23.2 Å². The Bertz CT molecular complexity index is 1340. The quantitative estimate of drug-likeness (QED) is 0.363. The molecule has 9 nitrogen and oxygen atoms in total. The fraction of sp³-hybridized carbons (Fsp3) is 0.296. The van der Waals surface area contributed by atoms with Crippen molar-refractivity contribution in [2.45, 2.75) is 52.4 Å². The summed E-state index contributed by atoms with van der Waals surface area (Å²) in [5.41, 5.74) is 1.98. The first-order chi connectivity index (χ1) is 17.6. The number of carbonyl (C=O) groups is 2. The number of tetrazole rings is 1. The van der Waals surface area contributed by atoms with E-state index in [2.05, 4.69) is 20.7 Å². The molecule has 0 saturated carbocycles. The Morgan fingerprint density at radius 1 is 1.08 bits per heavy atom. The molecule has 2 aromatic heterocycles. The summed E-state index contributed by atoms with van der Waals surface area (Å²) in [7, 11) is 0. The number of rotatable bonds is 8. The van der Waals surface area contributed by atoms with E-state index in [0.29, 0.717) is 11.4 Å². The predicted molar refractivity (Wildman–Crippen MR) is 142 cm³/mol. The van der Waals surface area contributed by atoms with Gasteiger partial charge in [0, 0.05) is 16.0 Å². The van der Waals surface area contributed by atoms with Gasteiger partial charge in [-0.2, -0.15) is 4.80 Å². The van der Waals surface area contributed by atoms with Gasteiger partial charge in [-0.05, 0) is 62.1 Å². The van der Waals surface area contributed by atoms with E-state index in [4.69, 9.17) is 0 Å². The smallest absolute Gasteiger partial charge is 0.247 e. The van der Waals surface area contributed by atoms with Crippen LogP contribution in [0.3, 0.4) is 0 Å². The van der Waals surface area contributed by atoms with Crippen molar-refractivity contribution < 1.29 is 14.7 Å². The van der Waals surface area contributed by atoms with Crippen LogP contribution in [0.2, 0.25) is 0 Å². The third-order valence-electron chi connectivity index (χ3n) is 5.53. The lowest BCUT2D eigenvalue weighted by Crippen LogP contribution is -2.49. The first-order valence-electron chi connectivity index (χ1n) is 11.9. The van der Waals surface area contributed by atoms with Crippen molar-refractivity contribution in [3.8, 4) is 17.1 Å². The second-order valence-corrected chi connectivity index (χ2v) is 10.9. The van der Waals surface area contributed by atoms with Crippen LogP contribution in [0.4, 0.5) is 0 Å². The van der Waals surface area contributed by atoms with Crippen LogP contribution in [0.1, 0.15) is 42.8 Å². The number of aryl methyl sites for hydroxylation is 1. The summed E-state index contributed by atoms with van der Waals surface area (Å²) in [6.45, 7) is 7.68. The molecule has 1 atom stereocenters. The number of phenols is 1. The van der Waals surface area contributed by atoms with Crippen molar-refractivity contribution in [2.24, 2.45) is 0 Å². The van der Waals surface area contributed by atoms with E-state index in [1.807, 2.05) is 69.5 Å². The minimum absolute atomic E-state index is 0.0744. The van der Waals surface area contributed by atoms with Crippen molar-refractivity contribution in [1.82, 2.24) is 30.4 Å². The predicted octanol–water partition coefficient (Wildman–Crippen LogP) is 4.10. The van der Waals surface area contributed by atoms with E-state index in [-0.39, 0.29) is 30.7 Å². The maximum absolute atomic E-state index is 13.8. The SMILES string of the molecule is Cc1ccc(-c2nnn(CC(=O)N(Cc3cccs3)[C@H](C(=O)NC(C)(C)C)c3ccc(O)cc3)n2)cc1. The molecular weight excluding hydrogens is 488 g/mol. The Balaban J connectivity index is 1.66. The Kier molecular flexibility index (Phi) is 7.68. The Morgan fingerprint density at radius 3 is 2.41 bits per heavy atom. The molecule has 0 fully saturated rings. The lowest BCUT2D eigenvalue weighted by atomic mass is 10.0. The van der Waals surface area contributed by atoms with E-state index >= 15 is 0 Å². The van der Waals surface area contributed by atoms with Gasteiger partial charge in [0.15, 0.2) is 0 Å². The maximum Gasteiger partial charge on any atom is 0.247 e. The molecule has 2 N–H and O–H groups in total. The van der Waals surface area contributed by atoms with Gasteiger partial charge in [-0.25, -0.2) is 0 Å². The first kappa shape index (κ1) is 26.0. The summed E-state index contributed by atoms with van der Waals surface area (Å²) < 4.78 is 0. The van der Waals surface area contributed by atoms with Crippen LogP contribution < -0.4 is 5.32 Å². The standard InChI is InChI=1S/C27H30N6O3S/c1-18-7-9-20(10-8-18)25-29-31-33(30-25)17-23(35)32(16-22-6-5-15-37-22)24(26(36)28-27(2,3)4)19-11-13-21(34)14-12-19/h5-15,24,34H,16-17H2,1-4H3,(H,28,36)/t24-/m0/s1. The number of hydrogen-bond donors (Lipinski definition) is 2. The molecule has 192 valence electrons. The average molecular weight is 519 g/mol. The summed E-state index contributed by atoms with van der Waals surface area (Å²) >= 11 is 1.50. The van der Waals surface area contributed by atoms with Gasteiger partial charge in [0.2, 0.25) is 17.6 Å². The molecule has 0 spiro atoms. The monoisotopic (exact) mass is 518 g/mol. The molecule has 0 unspecified atom stereocenters. The van der Waals surface area contributed by atoms with Crippen LogP contribution >= 0.6 is 11.3 Å². The number of amides is 2. The fourth-order valence-corrected chi connectivity index (χ4v) is 4.50. The number of hydrogen-bond acceptors (Lipinski definition) is 7. The van der Waals surface area contributed by atoms with E-state index in [1.54, 1.807) is 12.1 Å². The molecule has 0 aliphatic carbocycles. The topological polar surface area (TPSA) is 113 Å². The van der Waals surface area contributed by atoms with Crippen LogP contribution in [0.5, 0.6) is 5.75 Å². The van der Waals surface area contributed by atoms with Gasteiger partial charge in [0.05, 0.1) is 6.54 Å². The average Bonchev–Trinajstić information content (AvgIpc) is 3.51. The molecule has 0 radical (unpaired) electrons. The van der Waals surface area contributed by atoms with Gasteiger partial charge in [-0.3, -0.25) is 9.59 Å². The van der Waals surface area contributed by atoms with Gasteiger partial charge >= 0.3 is 0 Å². The van der Waals surface area contributed by atoms with E-state index in [9.17, 15) is 14.7 Å². The van der Waals surface area contributed by atoms with Crippen LogP contribution in [0.25, 0.3) is 11.4 Å².